The molecule has 5 nitrogen and oxygen atoms in total. The van der Waals surface area contributed by atoms with Crippen LogP contribution in [0.4, 0.5) is 17.2 Å². The van der Waals surface area contributed by atoms with Crippen LogP contribution in [-0.4, -0.2) is 15.0 Å². The molecule has 128 valence electrons. The van der Waals surface area contributed by atoms with Crippen LogP contribution in [0, 0.1) is 0 Å². The maximum absolute atomic E-state index is 6.14. The topological polar surface area (TPSA) is 76.7 Å². The van der Waals surface area contributed by atoms with Gasteiger partial charge in [-0.15, -0.1) is 0 Å². The predicted octanol–water partition coefficient (Wildman–Crippen LogP) is 5.32. The minimum absolute atomic E-state index is 0.350. The quantitative estimate of drug-likeness (QED) is 0.469. The Hall–Kier alpha value is -2.89. The van der Waals surface area contributed by atoms with Crippen LogP contribution in [0.15, 0.2) is 60.9 Å². The van der Waals surface area contributed by atoms with E-state index in [1.54, 1.807) is 24.5 Å². The second kappa shape index (κ2) is 6.78. The summed E-state index contributed by atoms with van der Waals surface area (Å²) in [4.78, 5) is 13.4. The summed E-state index contributed by atoms with van der Waals surface area (Å²) < 4.78 is 0. The lowest BCUT2D eigenvalue weighted by Crippen LogP contribution is -2.00. The Bertz CT molecular complexity index is 1080. The van der Waals surface area contributed by atoms with E-state index in [2.05, 4.69) is 20.3 Å². The van der Waals surface area contributed by atoms with E-state index in [1.807, 2.05) is 36.4 Å². The van der Waals surface area contributed by atoms with Crippen LogP contribution in [0.25, 0.3) is 22.3 Å². The molecule has 0 amide bonds. The van der Waals surface area contributed by atoms with Crippen LogP contribution < -0.4 is 11.1 Å². The zero-order valence-corrected chi connectivity index (χ0v) is 15.0. The van der Waals surface area contributed by atoms with Gasteiger partial charge in [-0.05, 0) is 36.4 Å². The lowest BCUT2D eigenvalue weighted by molar-refractivity contribution is 1.20. The van der Waals surface area contributed by atoms with E-state index in [9.17, 15) is 0 Å². The van der Waals surface area contributed by atoms with Crippen molar-refractivity contribution in [3.63, 3.8) is 0 Å². The van der Waals surface area contributed by atoms with Crippen LogP contribution in [0.1, 0.15) is 0 Å². The molecular weight excluding hydrogens is 369 g/mol. The number of fused-ring (bicyclic) bond motifs is 1. The third kappa shape index (κ3) is 3.14. The smallest absolute Gasteiger partial charge is 0.163 e. The fourth-order valence-corrected chi connectivity index (χ4v) is 3.08. The van der Waals surface area contributed by atoms with Crippen molar-refractivity contribution in [2.75, 3.05) is 11.1 Å². The number of nitrogens with two attached hydrogens (primary N) is 1. The molecule has 0 atom stereocenters. The summed E-state index contributed by atoms with van der Waals surface area (Å²) in [6.45, 7) is 0. The Morgan fingerprint density at radius 1 is 0.923 bits per heavy atom. The fraction of sp³-hybridized carbons (Fsp3) is 0. The van der Waals surface area contributed by atoms with Gasteiger partial charge < -0.3 is 11.1 Å². The molecule has 2 aromatic carbocycles. The van der Waals surface area contributed by atoms with Crippen molar-refractivity contribution in [3.8, 4) is 11.4 Å². The molecule has 4 aromatic rings. The van der Waals surface area contributed by atoms with Gasteiger partial charge in [0.05, 0.1) is 21.2 Å². The third-order valence-electron chi connectivity index (χ3n) is 3.86. The molecular formula is C19H13Cl2N5. The van der Waals surface area contributed by atoms with Crippen LogP contribution in [0.3, 0.4) is 0 Å². The van der Waals surface area contributed by atoms with Crippen molar-refractivity contribution in [3.05, 3.63) is 71.0 Å². The monoisotopic (exact) mass is 381 g/mol. The number of hydrogen-bond acceptors (Lipinski definition) is 5. The molecule has 4 rings (SSSR count). The minimum Gasteiger partial charge on any atom is -0.396 e. The summed E-state index contributed by atoms with van der Waals surface area (Å²) in [5.41, 5.74) is 8.49. The predicted molar refractivity (Wildman–Crippen MR) is 107 cm³/mol. The van der Waals surface area contributed by atoms with E-state index in [4.69, 9.17) is 28.9 Å². The maximum atomic E-state index is 6.14. The lowest BCUT2D eigenvalue weighted by atomic mass is 10.2. The molecule has 0 unspecified atom stereocenters. The van der Waals surface area contributed by atoms with E-state index >= 15 is 0 Å². The van der Waals surface area contributed by atoms with Crippen molar-refractivity contribution >= 4 is 51.3 Å². The Morgan fingerprint density at radius 3 is 2.42 bits per heavy atom. The molecule has 0 radical (unpaired) electrons. The summed E-state index contributed by atoms with van der Waals surface area (Å²) in [7, 11) is 0. The van der Waals surface area contributed by atoms with Gasteiger partial charge >= 0.3 is 0 Å². The molecule has 0 bridgehead atoms. The highest BCUT2D eigenvalue weighted by Gasteiger charge is 2.11. The number of para-hydroxylation sites is 1. The van der Waals surface area contributed by atoms with E-state index in [1.165, 1.54) is 0 Å². The number of halogens is 2. The van der Waals surface area contributed by atoms with Gasteiger partial charge in [0.25, 0.3) is 0 Å². The second-order valence-electron chi connectivity index (χ2n) is 5.63. The van der Waals surface area contributed by atoms with Gasteiger partial charge in [0.2, 0.25) is 0 Å². The summed E-state index contributed by atoms with van der Waals surface area (Å²) in [6.07, 6.45) is 3.44. The van der Waals surface area contributed by atoms with Crippen molar-refractivity contribution in [2.24, 2.45) is 0 Å². The van der Waals surface area contributed by atoms with E-state index in [-0.39, 0.29) is 0 Å². The first-order valence-electron chi connectivity index (χ1n) is 7.80. The van der Waals surface area contributed by atoms with Crippen LogP contribution in [-0.2, 0) is 0 Å². The molecule has 0 aliphatic carbocycles. The van der Waals surface area contributed by atoms with Gasteiger partial charge in [0.15, 0.2) is 5.82 Å². The minimum atomic E-state index is 0.350. The van der Waals surface area contributed by atoms with Crippen molar-refractivity contribution in [1.82, 2.24) is 15.0 Å². The van der Waals surface area contributed by atoms with Gasteiger partial charge in [-0.3, -0.25) is 4.98 Å². The Morgan fingerprint density at radius 2 is 1.69 bits per heavy atom. The molecule has 0 saturated carbocycles. The number of nitrogens with zero attached hydrogens (tertiary/aromatic N) is 3. The molecule has 7 heteroatoms. The average molecular weight is 382 g/mol. The normalized spacial score (nSPS) is 10.8. The summed E-state index contributed by atoms with van der Waals surface area (Å²) in [5, 5.41) is 4.91. The lowest BCUT2D eigenvalue weighted by Gasteiger charge is -2.12. The first-order chi connectivity index (χ1) is 12.6. The van der Waals surface area contributed by atoms with Gasteiger partial charge in [0.1, 0.15) is 5.82 Å². The summed E-state index contributed by atoms with van der Waals surface area (Å²) in [6, 6.07) is 14.9. The average Bonchev–Trinajstić information content (AvgIpc) is 2.66. The van der Waals surface area contributed by atoms with Gasteiger partial charge in [0, 0.05) is 29.0 Å². The molecule has 0 aliphatic heterocycles. The number of nitrogens with one attached hydrogen (secondary N) is 1. The largest absolute Gasteiger partial charge is 0.396 e. The molecule has 3 N–H and O–H groups in total. The van der Waals surface area contributed by atoms with Crippen molar-refractivity contribution in [2.45, 2.75) is 0 Å². The van der Waals surface area contributed by atoms with Crippen LogP contribution in [0.2, 0.25) is 10.0 Å². The van der Waals surface area contributed by atoms with E-state index in [0.29, 0.717) is 33.1 Å². The van der Waals surface area contributed by atoms with Gasteiger partial charge in [-0.1, -0.05) is 35.3 Å². The Labute approximate surface area is 159 Å². The number of pyridine rings is 1. The van der Waals surface area contributed by atoms with Gasteiger partial charge in [-0.25, -0.2) is 9.97 Å². The number of nitrogen functional groups attached to an aromatic ring is 1. The molecule has 0 saturated heterocycles. The molecule has 2 heterocycles. The Kier molecular flexibility index (Phi) is 4.32. The standard InChI is InChI=1S/C19H13Cl2N5/c20-14-8-12(9-15(21)17(14)22)24-19-13-5-1-2-6-16(13)25-18(26-19)11-4-3-7-23-10-11/h1-10H,22H2,(H,24,25,26). The number of aromatic nitrogens is 3. The first kappa shape index (κ1) is 16.6. The second-order valence-corrected chi connectivity index (χ2v) is 6.45. The molecule has 2 aromatic heterocycles. The molecule has 0 aliphatic rings. The molecule has 26 heavy (non-hydrogen) atoms. The highest BCUT2D eigenvalue weighted by Crippen LogP contribution is 2.33. The highest BCUT2D eigenvalue weighted by atomic mass is 35.5. The Balaban J connectivity index is 1.86. The SMILES string of the molecule is Nc1c(Cl)cc(Nc2nc(-c3cccnc3)nc3ccccc23)cc1Cl. The number of hydrogen-bond donors (Lipinski definition) is 2. The number of rotatable bonds is 3. The zero-order chi connectivity index (χ0) is 18.1. The van der Waals surface area contributed by atoms with Crippen molar-refractivity contribution in [1.29, 1.82) is 0 Å². The molecule has 0 spiro atoms. The summed E-state index contributed by atoms with van der Waals surface area (Å²) >= 11 is 12.3. The highest BCUT2D eigenvalue weighted by molar-refractivity contribution is 6.39. The number of benzene rings is 2. The van der Waals surface area contributed by atoms with Crippen LogP contribution in [0.5, 0.6) is 0 Å². The first-order valence-corrected chi connectivity index (χ1v) is 8.56. The van der Waals surface area contributed by atoms with Crippen molar-refractivity contribution < 1.29 is 0 Å². The maximum Gasteiger partial charge on any atom is 0.163 e. The van der Waals surface area contributed by atoms with Crippen LogP contribution >= 0.6 is 23.2 Å². The van der Waals surface area contributed by atoms with Gasteiger partial charge in [-0.2, -0.15) is 0 Å². The summed E-state index contributed by atoms with van der Waals surface area (Å²) in [5.74, 6) is 1.22. The van der Waals surface area contributed by atoms with E-state index < -0.39 is 0 Å². The third-order valence-corrected chi connectivity index (χ3v) is 4.49. The van der Waals surface area contributed by atoms with E-state index in [0.717, 1.165) is 16.5 Å². The fourth-order valence-electron chi connectivity index (χ4n) is 2.59. The zero-order valence-electron chi connectivity index (χ0n) is 13.4. The number of anilines is 3. The molecule has 0 fully saturated rings.